The van der Waals surface area contributed by atoms with Crippen LogP contribution in [0.2, 0.25) is 0 Å². The van der Waals surface area contributed by atoms with Crippen molar-refractivity contribution in [2.45, 2.75) is 13.5 Å². The fourth-order valence-corrected chi connectivity index (χ4v) is 2.79. The summed E-state index contributed by atoms with van der Waals surface area (Å²) in [7, 11) is 0. The molecule has 4 rings (SSSR count). The number of aromatic amines is 1. The first kappa shape index (κ1) is 13.5. The predicted octanol–water partition coefficient (Wildman–Crippen LogP) is 2.24. The molecule has 0 atom stereocenters. The third-order valence-electron chi connectivity index (χ3n) is 3.80. The topological polar surface area (TPSA) is 68.0 Å². The minimum absolute atomic E-state index is 0.123. The average molecular weight is 305 g/mol. The van der Waals surface area contributed by atoms with Crippen LogP contribution in [0.1, 0.15) is 11.4 Å². The maximum absolute atomic E-state index is 12.4. The highest BCUT2D eigenvalue weighted by Crippen LogP contribution is 2.26. The number of fused-ring (bicyclic) bond motifs is 1. The SMILES string of the molecule is Cc1[nH]n2c(=O)cc(Cn3cccn3)nc2c1-c1ccccc1. The second-order valence-corrected chi connectivity index (χ2v) is 5.43. The molecule has 6 heteroatoms. The fourth-order valence-electron chi connectivity index (χ4n) is 2.79. The summed E-state index contributed by atoms with van der Waals surface area (Å²) in [6, 6.07) is 13.3. The number of benzene rings is 1. The van der Waals surface area contributed by atoms with Gasteiger partial charge in [0.2, 0.25) is 0 Å². The first-order valence-electron chi connectivity index (χ1n) is 7.36. The largest absolute Gasteiger partial charge is 0.293 e. The van der Waals surface area contributed by atoms with Crippen LogP contribution in [0.5, 0.6) is 0 Å². The molecule has 0 unspecified atom stereocenters. The summed E-state index contributed by atoms with van der Waals surface area (Å²) in [5, 5.41) is 7.27. The highest BCUT2D eigenvalue weighted by atomic mass is 16.1. The van der Waals surface area contributed by atoms with E-state index in [4.69, 9.17) is 0 Å². The van der Waals surface area contributed by atoms with Crippen LogP contribution in [-0.2, 0) is 6.54 Å². The Bertz CT molecular complexity index is 1010. The molecule has 23 heavy (non-hydrogen) atoms. The molecule has 3 heterocycles. The molecule has 4 aromatic rings. The van der Waals surface area contributed by atoms with Crippen molar-refractivity contribution in [3.63, 3.8) is 0 Å². The van der Waals surface area contributed by atoms with Crippen molar-refractivity contribution in [1.82, 2.24) is 24.4 Å². The molecule has 0 radical (unpaired) electrons. The van der Waals surface area contributed by atoms with Gasteiger partial charge in [0.1, 0.15) is 0 Å². The smallest absolute Gasteiger partial charge is 0.272 e. The van der Waals surface area contributed by atoms with Crippen LogP contribution in [-0.4, -0.2) is 24.4 Å². The molecule has 0 aliphatic carbocycles. The van der Waals surface area contributed by atoms with Gasteiger partial charge in [-0.1, -0.05) is 30.3 Å². The second kappa shape index (κ2) is 5.24. The number of rotatable bonds is 3. The Morgan fingerprint density at radius 3 is 2.74 bits per heavy atom. The van der Waals surface area contributed by atoms with Gasteiger partial charge in [-0.2, -0.15) is 5.10 Å². The van der Waals surface area contributed by atoms with Gasteiger partial charge in [0.05, 0.1) is 12.2 Å². The predicted molar refractivity (Wildman–Crippen MR) is 87.3 cm³/mol. The van der Waals surface area contributed by atoms with E-state index in [1.807, 2.05) is 49.5 Å². The Hall–Kier alpha value is -3.15. The van der Waals surface area contributed by atoms with Crippen molar-refractivity contribution in [3.05, 3.63) is 76.6 Å². The molecule has 0 saturated carbocycles. The summed E-state index contributed by atoms with van der Waals surface area (Å²) >= 11 is 0. The van der Waals surface area contributed by atoms with Crippen molar-refractivity contribution in [2.75, 3.05) is 0 Å². The van der Waals surface area contributed by atoms with Crippen LogP contribution >= 0.6 is 0 Å². The van der Waals surface area contributed by atoms with E-state index in [0.717, 1.165) is 16.8 Å². The lowest BCUT2D eigenvalue weighted by Crippen LogP contribution is -2.17. The number of aryl methyl sites for hydroxylation is 1. The quantitative estimate of drug-likeness (QED) is 0.631. The minimum Gasteiger partial charge on any atom is -0.293 e. The summed E-state index contributed by atoms with van der Waals surface area (Å²) in [6.07, 6.45) is 3.56. The Morgan fingerprint density at radius 1 is 1.17 bits per heavy atom. The molecular formula is C17H15N5O. The molecule has 0 spiro atoms. The van der Waals surface area contributed by atoms with Crippen LogP contribution in [0.4, 0.5) is 0 Å². The number of hydrogen-bond acceptors (Lipinski definition) is 3. The zero-order valence-electron chi connectivity index (χ0n) is 12.6. The first-order chi connectivity index (χ1) is 11.2. The monoisotopic (exact) mass is 305 g/mol. The lowest BCUT2D eigenvalue weighted by atomic mass is 10.1. The zero-order chi connectivity index (χ0) is 15.8. The van der Waals surface area contributed by atoms with Crippen LogP contribution in [0.25, 0.3) is 16.8 Å². The van der Waals surface area contributed by atoms with E-state index in [1.165, 1.54) is 4.52 Å². The molecular weight excluding hydrogens is 290 g/mol. The molecule has 0 bridgehead atoms. The van der Waals surface area contributed by atoms with Crippen molar-refractivity contribution in [1.29, 1.82) is 0 Å². The van der Waals surface area contributed by atoms with Gasteiger partial charge < -0.3 is 0 Å². The van der Waals surface area contributed by atoms with Gasteiger partial charge in [0.25, 0.3) is 5.56 Å². The summed E-state index contributed by atoms with van der Waals surface area (Å²) in [5.74, 6) is 0. The van der Waals surface area contributed by atoms with Crippen LogP contribution < -0.4 is 5.56 Å². The molecule has 0 amide bonds. The van der Waals surface area contributed by atoms with Crippen molar-refractivity contribution in [3.8, 4) is 11.1 Å². The van der Waals surface area contributed by atoms with Gasteiger partial charge in [0.15, 0.2) is 5.65 Å². The van der Waals surface area contributed by atoms with Crippen LogP contribution in [0.15, 0.2) is 59.7 Å². The maximum atomic E-state index is 12.4. The molecule has 1 aromatic carbocycles. The van der Waals surface area contributed by atoms with E-state index >= 15 is 0 Å². The molecule has 1 N–H and O–H groups in total. The van der Waals surface area contributed by atoms with Crippen molar-refractivity contribution < 1.29 is 0 Å². The third kappa shape index (κ3) is 2.34. The van der Waals surface area contributed by atoms with Crippen LogP contribution in [0, 0.1) is 6.92 Å². The highest BCUT2D eigenvalue weighted by Gasteiger charge is 2.14. The van der Waals surface area contributed by atoms with Gasteiger partial charge in [0, 0.05) is 29.7 Å². The van der Waals surface area contributed by atoms with Crippen molar-refractivity contribution >= 4 is 5.65 Å². The van der Waals surface area contributed by atoms with Gasteiger partial charge >= 0.3 is 0 Å². The molecule has 0 aliphatic rings. The number of nitrogens with one attached hydrogen (secondary N) is 1. The standard InChI is InChI=1S/C17H15N5O/c1-12-16(13-6-3-2-4-7-13)17-19-14(10-15(23)22(17)20-12)11-21-9-5-8-18-21/h2-10,20H,11H2,1H3. The normalized spacial score (nSPS) is 11.2. The minimum atomic E-state index is -0.123. The fraction of sp³-hybridized carbons (Fsp3) is 0.118. The first-order valence-corrected chi connectivity index (χ1v) is 7.36. The Labute approximate surface area is 132 Å². The summed E-state index contributed by atoms with van der Waals surface area (Å²) in [4.78, 5) is 17.1. The van der Waals surface area contributed by atoms with Gasteiger partial charge in [-0.3, -0.25) is 14.6 Å². The van der Waals surface area contributed by atoms with E-state index in [2.05, 4.69) is 15.2 Å². The van der Waals surface area contributed by atoms with E-state index in [-0.39, 0.29) is 5.56 Å². The highest BCUT2D eigenvalue weighted by molar-refractivity contribution is 5.79. The van der Waals surface area contributed by atoms with E-state index in [1.54, 1.807) is 16.9 Å². The number of nitrogens with zero attached hydrogens (tertiary/aromatic N) is 4. The van der Waals surface area contributed by atoms with E-state index in [9.17, 15) is 4.79 Å². The molecule has 3 aromatic heterocycles. The van der Waals surface area contributed by atoms with Crippen LogP contribution in [0.3, 0.4) is 0 Å². The third-order valence-corrected chi connectivity index (χ3v) is 3.80. The lowest BCUT2D eigenvalue weighted by Gasteiger charge is -2.03. The number of aromatic nitrogens is 5. The lowest BCUT2D eigenvalue weighted by molar-refractivity contribution is 0.669. The molecule has 0 aliphatic heterocycles. The number of hydrogen-bond donors (Lipinski definition) is 1. The molecule has 0 fully saturated rings. The van der Waals surface area contributed by atoms with Gasteiger partial charge in [-0.15, -0.1) is 0 Å². The van der Waals surface area contributed by atoms with Gasteiger partial charge in [-0.05, 0) is 18.6 Å². The molecule has 6 nitrogen and oxygen atoms in total. The second-order valence-electron chi connectivity index (χ2n) is 5.43. The van der Waals surface area contributed by atoms with E-state index < -0.39 is 0 Å². The summed E-state index contributed by atoms with van der Waals surface area (Å²) in [6.45, 7) is 2.42. The Balaban J connectivity index is 1.92. The van der Waals surface area contributed by atoms with Crippen molar-refractivity contribution in [2.24, 2.45) is 0 Å². The van der Waals surface area contributed by atoms with E-state index in [0.29, 0.717) is 17.9 Å². The molecule has 0 saturated heterocycles. The Kier molecular flexibility index (Phi) is 3.08. The average Bonchev–Trinajstić information content (AvgIpc) is 3.16. The maximum Gasteiger partial charge on any atom is 0.272 e. The summed E-state index contributed by atoms with van der Waals surface area (Å²) < 4.78 is 3.24. The Morgan fingerprint density at radius 2 is 2.00 bits per heavy atom. The molecule has 114 valence electrons. The number of H-pyrrole nitrogens is 1. The zero-order valence-corrected chi connectivity index (χ0v) is 12.6. The summed E-state index contributed by atoms with van der Waals surface area (Å²) in [5.41, 5.74) is 4.11. The van der Waals surface area contributed by atoms with Gasteiger partial charge in [-0.25, -0.2) is 9.50 Å².